The van der Waals surface area contributed by atoms with Crippen molar-refractivity contribution in [3.8, 4) is 0 Å². The second kappa shape index (κ2) is 7.46. The van der Waals surface area contributed by atoms with Gasteiger partial charge in [-0.2, -0.15) is 0 Å². The van der Waals surface area contributed by atoms with Crippen molar-refractivity contribution in [1.29, 1.82) is 0 Å². The normalized spacial score (nSPS) is 12.4. The quantitative estimate of drug-likeness (QED) is 0.753. The number of hydrogen-bond acceptors (Lipinski definition) is 2. The van der Waals surface area contributed by atoms with Gasteiger partial charge in [-0.3, -0.25) is 0 Å². The number of benzene rings is 2. The molecule has 2 aromatic carbocycles. The summed E-state index contributed by atoms with van der Waals surface area (Å²) in [5.41, 5.74) is 7.15. The zero-order valence-electron chi connectivity index (χ0n) is 10.7. The maximum absolute atomic E-state index is 13.1. The Balaban J connectivity index is 1.87. The summed E-state index contributed by atoms with van der Waals surface area (Å²) in [6, 6.07) is 12.7. The summed E-state index contributed by atoms with van der Waals surface area (Å²) in [6.45, 7) is 0. The topological polar surface area (TPSA) is 26.0 Å². The predicted octanol–water partition coefficient (Wildman–Crippen LogP) is 4.90. The van der Waals surface area contributed by atoms with Crippen LogP contribution in [-0.2, 0) is 6.42 Å². The molecule has 0 spiro atoms. The summed E-state index contributed by atoms with van der Waals surface area (Å²) in [7, 11) is 0. The third-order valence-electron chi connectivity index (χ3n) is 2.76. The molecular formula is C15H14BrClFNS. The minimum absolute atomic E-state index is 0.0213. The largest absolute Gasteiger partial charge is 0.327 e. The second-order valence-electron chi connectivity index (χ2n) is 4.48. The lowest BCUT2D eigenvalue weighted by Gasteiger charge is -2.12. The van der Waals surface area contributed by atoms with Crippen LogP contribution in [0.3, 0.4) is 0 Å². The molecule has 5 heteroatoms. The predicted molar refractivity (Wildman–Crippen MR) is 88.0 cm³/mol. The van der Waals surface area contributed by atoms with Crippen LogP contribution in [0.5, 0.6) is 0 Å². The van der Waals surface area contributed by atoms with E-state index < -0.39 is 0 Å². The van der Waals surface area contributed by atoms with Crippen LogP contribution >= 0.6 is 39.3 Å². The molecule has 2 rings (SSSR count). The van der Waals surface area contributed by atoms with E-state index in [1.165, 1.54) is 6.07 Å². The fraction of sp³-hybridized carbons (Fsp3) is 0.200. The van der Waals surface area contributed by atoms with E-state index in [0.29, 0.717) is 4.47 Å². The number of nitrogens with two attached hydrogens (primary N) is 1. The zero-order chi connectivity index (χ0) is 14.5. The molecule has 0 saturated carbocycles. The van der Waals surface area contributed by atoms with E-state index in [0.717, 1.165) is 27.7 Å². The Kier molecular flexibility index (Phi) is 5.90. The van der Waals surface area contributed by atoms with E-state index in [1.54, 1.807) is 23.9 Å². The molecule has 0 aliphatic carbocycles. The van der Waals surface area contributed by atoms with Gasteiger partial charge in [0, 0.05) is 21.7 Å². The van der Waals surface area contributed by atoms with E-state index >= 15 is 0 Å². The zero-order valence-corrected chi connectivity index (χ0v) is 13.8. The Morgan fingerprint density at radius 1 is 1.20 bits per heavy atom. The maximum atomic E-state index is 13.1. The number of rotatable bonds is 5. The van der Waals surface area contributed by atoms with Crippen LogP contribution in [0.15, 0.2) is 51.8 Å². The summed E-state index contributed by atoms with van der Waals surface area (Å²) in [4.78, 5) is 1.14. The number of hydrogen-bond donors (Lipinski definition) is 1. The number of halogens is 3. The van der Waals surface area contributed by atoms with Crippen molar-refractivity contribution in [3.63, 3.8) is 0 Å². The minimum atomic E-state index is -0.252. The van der Waals surface area contributed by atoms with Crippen LogP contribution in [0, 0.1) is 5.82 Å². The lowest BCUT2D eigenvalue weighted by molar-refractivity contribution is 0.619. The second-order valence-corrected chi connectivity index (χ2v) is 6.86. The van der Waals surface area contributed by atoms with Crippen molar-refractivity contribution in [2.75, 3.05) is 5.75 Å². The monoisotopic (exact) mass is 373 g/mol. The highest BCUT2D eigenvalue weighted by Crippen LogP contribution is 2.22. The minimum Gasteiger partial charge on any atom is -0.327 e. The van der Waals surface area contributed by atoms with Crippen LogP contribution < -0.4 is 5.73 Å². The first-order valence-corrected chi connectivity index (χ1v) is 8.28. The third kappa shape index (κ3) is 4.77. The van der Waals surface area contributed by atoms with Crippen LogP contribution in [-0.4, -0.2) is 11.8 Å². The average molecular weight is 375 g/mol. The van der Waals surface area contributed by atoms with E-state index in [-0.39, 0.29) is 11.9 Å². The van der Waals surface area contributed by atoms with Gasteiger partial charge in [-0.05, 0) is 64.3 Å². The van der Waals surface area contributed by atoms with Crippen molar-refractivity contribution >= 4 is 39.3 Å². The molecule has 1 atom stereocenters. The van der Waals surface area contributed by atoms with E-state index in [2.05, 4.69) is 15.9 Å². The first kappa shape index (κ1) is 15.8. The number of thioether (sulfide) groups is 1. The Hall–Kier alpha value is -0.550. The third-order valence-corrected chi connectivity index (χ3v) is 4.82. The van der Waals surface area contributed by atoms with Crippen molar-refractivity contribution in [2.45, 2.75) is 17.4 Å². The molecule has 0 saturated heterocycles. The molecule has 20 heavy (non-hydrogen) atoms. The van der Waals surface area contributed by atoms with Gasteiger partial charge in [0.2, 0.25) is 0 Å². The van der Waals surface area contributed by atoms with Gasteiger partial charge in [0.1, 0.15) is 5.82 Å². The van der Waals surface area contributed by atoms with E-state index in [1.807, 2.05) is 24.3 Å². The molecule has 0 radical (unpaired) electrons. The highest BCUT2D eigenvalue weighted by Gasteiger charge is 2.07. The lowest BCUT2D eigenvalue weighted by atomic mass is 10.1. The molecule has 2 N–H and O–H groups in total. The van der Waals surface area contributed by atoms with Gasteiger partial charge < -0.3 is 5.73 Å². The molecular weight excluding hydrogens is 361 g/mol. The average Bonchev–Trinajstić information content (AvgIpc) is 2.42. The van der Waals surface area contributed by atoms with Crippen molar-refractivity contribution in [1.82, 2.24) is 0 Å². The SMILES string of the molecule is NC(CSc1ccc(Cl)cc1)Cc1ccc(F)c(Br)c1. The van der Waals surface area contributed by atoms with E-state index in [9.17, 15) is 4.39 Å². The first-order chi connectivity index (χ1) is 9.54. The van der Waals surface area contributed by atoms with Crippen molar-refractivity contribution in [3.05, 3.63) is 63.3 Å². The molecule has 0 aliphatic rings. The molecule has 1 unspecified atom stereocenters. The van der Waals surface area contributed by atoms with Crippen molar-refractivity contribution < 1.29 is 4.39 Å². The van der Waals surface area contributed by atoms with Crippen LogP contribution in [0.4, 0.5) is 4.39 Å². The summed E-state index contributed by atoms with van der Waals surface area (Å²) >= 11 is 10.7. The van der Waals surface area contributed by atoms with Crippen LogP contribution in [0.1, 0.15) is 5.56 Å². The van der Waals surface area contributed by atoms with Crippen LogP contribution in [0.2, 0.25) is 5.02 Å². The highest BCUT2D eigenvalue weighted by molar-refractivity contribution is 9.10. The Morgan fingerprint density at radius 2 is 1.90 bits per heavy atom. The van der Waals surface area contributed by atoms with Gasteiger partial charge in [-0.25, -0.2) is 4.39 Å². The van der Waals surface area contributed by atoms with Gasteiger partial charge in [0.05, 0.1) is 4.47 Å². The molecule has 0 aliphatic heterocycles. The lowest BCUT2D eigenvalue weighted by Crippen LogP contribution is -2.25. The molecule has 0 aromatic heterocycles. The summed E-state index contributed by atoms with van der Waals surface area (Å²) in [5, 5.41) is 0.731. The summed E-state index contributed by atoms with van der Waals surface area (Å²) < 4.78 is 13.6. The van der Waals surface area contributed by atoms with Gasteiger partial charge >= 0.3 is 0 Å². The highest BCUT2D eigenvalue weighted by atomic mass is 79.9. The summed E-state index contributed by atoms with van der Waals surface area (Å²) in [5.74, 6) is 0.550. The smallest absolute Gasteiger partial charge is 0.137 e. The molecule has 0 bridgehead atoms. The molecule has 0 fully saturated rings. The van der Waals surface area contributed by atoms with Gasteiger partial charge in [-0.1, -0.05) is 17.7 Å². The van der Waals surface area contributed by atoms with Crippen LogP contribution in [0.25, 0.3) is 0 Å². The molecule has 2 aromatic rings. The first-order valence-electron chi connectivity index (χ1n) is 6.12. The molecule has 1 nitrogen and oxygen atoms in total. The fourth-order valence-corrected chi connectivity index (χ4v) is 3.17. The van der Waals surface area contributed by atoms with E-state index in [4.69, 9.17) is 17.3 Å². The summed E-state index contributed by atoms with van der Waals surface area (Å²) in [6.07, 6.45) is 0.722. The fourth-order valence-electron chi connectivity index (χ4n) is 1.76. The van der Waals surface area contributed by atoms with Gasteiger partial charge in [-0.15, -0.1) is 11.8 Å². The standard InChI is InChI=1S/C15H14BrClFNS/c16-14-8-10(1-6-15(14)18)7-12(19)9-20-13-4-2-11(17)3-5-13/h1-6,8,12H,7,9,19H2. The Morgan fingerprint density at radius 3 is 2.55 bits per heavy atom. The Labute approximate surface area is 135 Å². The van der Waals surface area contributed by atoms with Crippen molar-refractivity contribution in [2.24, 2.45) is 5.73 Å². The van der Waals surface area contributed by atoms with Gasteiger partial charge in [0.15, 0.2) is 0 Å². The Bertz CT molecular complexity index is 577. The molecule has 106 valence electrons. The maximum Gasteiger partial charge on any atom is 0.137 e. The van der Waals surface area contributed by atoms with Gasteiger partial charge in [0.25, 0.3) is 0 Å². The molecule has 0 heterocycles. The molecule has 0 amide bonds.